The van der Waals surface area contributed by atoms with Gasteiger partial charge in [-0.05, 0) is 44.5 Å². The summed E-state index contributed by atoms with van der Waals surface area (Å²) >= 11 is 0. The molecule has 0 spiro atoms. The van der Waals surface area contributed by atoms with Gasteiger partial charge in [0.15, 0.2) is 0 Å². The largest absolute Gasteiger partial charge is 0.329 e. The minimum Gasteiger partial charge on any atom is -0.329 e. The number of nitrogens with two attached hydrogens (primary N) is 1. The maximum absolute atomic E-state index is 6.03. The summed E-state index contributed by atoms with van der Waals surface area (Å²) in [5.74, 6) is 0. The van der Waals surface area contributed by atoms with Crippen LogP contribution < -0.4 is 11.2 Å². The third kappa shape index (κ3) is 3.58. The number of hydrogen-bond acceptors (Lipinski definition) is 4. The molecule has 0 amide bonds. The van der Waals surface area contributed by atoms with E-state index in [2.05, 4.69) is 55.3 Å². The highest BCUT2D eigenvalue weighted by Gasteiger charge is 2.20. The first-order valence-corrected chi connectivity index (χ1v) is 7.48. The van der Waals surface area contributed by atoms with Crippen LogP contribution >= 0.6 is 0 Å². The van der Waals surface area contributed by atoms with E-state index in [0.717, 1.165) is 26.2 Å². The number of rotatable bonds is 4. The molecular weight excluding hydrogens is 248 g/mol. The van der Waals surface area contributed by atoms with Crippen LogP contribution in [-0.2, 0) is 0 Å². The lowest BCUT2D eigenvalue weighted by Crippen LogP contribution is -2.52. The Morgan fingerprint density at radius 1 is 1.10 bits per heavy atom. The molecule has 1 fully saturated rings. The van der Waals surface area contributed by atoms with Crippen LogP contribution in [0.3, 0.4) is 0 Å². The van der Waals surface area contributed by atoms with Gasteiger partial charge in [0.2, 0.25) is 0 Å². The predicted molar refractivity (Wildman–Crippen MR) is 84.7 cm³/mol. The topological polar surface area (TPSA) is 44.5 Å². The highest BCUT2D eigenvalue weighted by molar-refractivity contribution is 5.39. The first kappa shape index (κ1) is 15.4. The minimum atomic E-state index is 0.207. The van der Waals surface area contributed by atoms with Crippen molar-refractivity contribution < 1.29 is 0 Å². The second-order valence-corrected chi connectivity index (χ2v) is 6.02. The molecule has 1 aromatic carbocycles. The van der Waals surface area contributed by atoms with Gasteiger partial charge in [0.1, 0.15) is 0 Å². The molecule has 0 aromatic heterocycles. The SMILES string of the molecule is Cc1cc(C)c(C(CN)NN2CCN(C)CC2)c(C)c1. The van der Waals surface area contributed by atoms with Crippen molar-refractivity contribution in [1.29, 1.82) is 0 Å². The zero-order valence-corrected chi connectivity index (χ0v) is 13.2. The van der Waals surface area contributed by atoms with E-state index in [4.69, 9.17) is 5.73 Å². The summed E-state index contributed by atoms with van der Waals surface area (Å²) in [6.07, 6.45) is 0. The van der Waals surface area contributed by atoms with E-state index in [-0.39, 0.29) is 6.04 Å². The molecule has 0 radical (unpaired) electrons. The quantitative estimate of drug-likeness (QED) is 0.872. The maximum Gasteiger partial charge on any atom is 0.0592 e. The smallest absolute Gasteiger partial charge is 0.0592 e. The molecule has 112 valence electrons. The van der Waals surface area contributed by atoms with Crippen LogP contribution in [0, 0.1) is 20.8 Å². The van der Waals surface area contributed by atoms with E-state index < -0.39 is 0 Å². The summed E-state index contributed by atoms with van der Waals surface area (Å²) in [4.78, 5) is 2.36. The predicted octanol–water partition coefficient (Wildman–Crippen LogP) is 1.36. The average molecular weight is 276 g/mol. The lowest BCUT2D eigenvalue weighted by atomic mass is 9.94. The monoisotopic (exact) mass is 276 g/mol. The Morgan fingerprint density at radius 3 is 2.15 bits per heavy atom. The molecule has 0 aliphatic carbocycles. The highest BCUT2D eigenvalue weighted by atomic mass is 15.5. The molecule has 20 heavy (non-hydrogen) atoms. The second-order valence-electron chi connectivity index (χ2n) is 6.02. The molecule has 2 rings (SSSR count). The summed E-state index contributed by atoms with van der Waals surface area (Å²) < 4.78 is 0. The standard InChI is InChI=1S/C16H28N4/c1-12-9-13(2)16(14(3)10-12)15(11-17)18-20-7-5-19(4)6-8-20/h9-10,15,18H,5-8,11,17H2,1-4H3. The molecule has 4 nitrogen and oxygen atoms in total. The van der Waals surface area contributed by atoms with E-state index in [1.54, 1.807) is 0 Å². The van der Waals surface area contributed by atoms with E-state index in [9.17, 15) is 0 Å². The van der Waals surface area contributed by atoms with Crippen molar-refractivity contribution >= 4 is 0 Å². The van der Waals surface area contributed by atoms with Gasteiger partial charge in [-0.2, -0.15) is 0 Å². The van der Waals surface area contributed by atoms with Crippen molar-refractivity contribution in [2.75, 3.05) is 39.8 Å². The van der Waals surface area contributed by atoms with Crippen molar-refractivity contribution in [3.63, 3.8) is 0 Å². The van der Waals surface area contributed by atoms with Gasteiger partial charge < -0.3 is 10.6 Å². The fourth-order valence-electron chi connectivity index (χ4n) is 3.13. The molecular formula is C16H28N4. The van der Waals surface area contributed by atoms with Crippen LogP contribution in [0.2, 0.25) is 0 Å². The molecule has 1 aliphatic heterocycles. The Bertz CT molecular complexity index is 427. The Balaban J connectivity index is 2.12. The molecule has 1 unspecified atom stereocenters. The van der Waals surface area contributed by atoms with Crippen LogP contribution in [0.15, 0.2) is 12.1 Å². The van der Waals surface area contributed by atoms with E-state index >= 15 is 0 Å². The molecule has 4 heteroatoms. The Hall–Kier alpha value is -0.940. The molecule has 3 N–H and O–H groups in total. The third-order valence-corrected chi connectivity index (χ3v) is 4.16. The van der Waals surface area contributed by atoms with E-state index in [0.29, 0.717) is 6.54 Å². The second kappa shape index (κ2) is 6.68. The van der Waals surface area contributed by atoms with Crippen LogP contribution in [0.25, 0.3) is 0 Å². The Kier molecular flexibility index (Phi) is 5.16. The van der Waals surface area contributed by atoms with Gasteiger partial charge in [-0.25, -0.2) is 10.4 Å². The summed E-state index contributed by atoms with van der Waals surface area (Å²) in [5, 5.41) is 2.32. The fourth-order valence-corrected chi connectivity index (χ4v) is 3.13. The molecule has 1 aromatic rings. The number of nitrogens with zero attached hydrogens (tertiary/aromatic N) is 2. The minimum absolute atomic E-state index is 0.207. The molecule has 1 aliphatic rings. The number of nitrogens with one attached hydrogen (secondary N) is 1. The van der Waals surface area contributed by atoms with Gasteiger partial charge in [0.05, 0.1) is 6.04 Å². The van der Waals surface area contributed by atoms with Crippen molar-refractivity contribution in [3.05, 3.63) is 34.4 Å². The van der Waals surface area contributed by atoms with E-state index in [1.807, 2.05) is 0 Å². The van der Waals surface area contributed by atoms with E-state index in [1.165, 1.54) is 22.3 Å². The van der Waals surface area contributed by atoms with Crippen LogP contribution in [0.1, 0.15) is 28.3 Å². The van der Waals surface area contributed by atoms with Gasteiger partial charge in [-0.15, -0.1) is 0 Å². The number of hydrogen-bond donors (Lipinski definition) is 2. The highest BCUT2D eigenvalue weighted by Crippen LogP contribution is 2.23. The van der Waals surface area contributed by atoms with Gasteiger partial charge in [-0.1, -0.05) is 17.7 Å². The zero-order valence-electron chi connectivity index (χ0n) is 13.2. The van der Waals surface area contributed by atoms with Crippen LogP contribution in [0.5, 0.6) is 0 Å². The van der Waals surface area contributed by atoms with Gasteiger partial charge in [-0.3, -0.25) is 0 Å². The number of likely N-dealkylation sites (N-methyl/N-ethyl adjacent to an activating group) is 1. The Labute approximate surface area is 122 Å². The number of aryl methyl sites for hydroxylation is 3. The summed E-state index contributed by atoms with van der Waals surface area (Å²) in [5.41, 5.74) is 15.0. The molecule has 1 atom stereocenters. The lowest BCUT2D eigenvalue weighted by molar-refractivity contribution is 0.0878. The number of hydrazine groups is 1. The summed E-state index contributed by atoms with van der Waals surface area (Å²) in [6.45, 7) is 11.5. The van der Waals surface area contributed by atoms with Crippen LogP contribution in [-0.4, -0.2) is 49.7 Å². The zero-order chi connectivity index (χ0) is 14.7. The summed E-state index contributed by atoms with van der Waals surface area (Å²) in [7, 11) is 2.17. The number of benzene rings is 1. The molecule has 0 saturated carbocycles. The first-order chi connectivity index (χ1) is 9.51. The molecule has 1 heterocycles. The van der Waals surface area contributed by atoms with Gasteiger partial charge in [0, 0.05) is 32.7 Å². The van der Waals surface area contributed by atoms with Crippen molar-refractivity contribution in [2.45, 2.75) is 26.8 Å². The van der Waals surface area contributed by atoms with Crippen molar-refractivity contribution in [3.8, 4) is 0 Å². The Morgan fingerprint density at radius 2 is 1.65 bits per heavy atom. The maximum atomic E-state index is 6.03. The fraction of sp³-hybridized carbons (Fsp3) is 0.625. The summed E-state index contributed by atoms with van der Waals surface area (Å²) in [6, 6.07) is 4.70. The molecule has 1 saturated heterocycles. The van der Waals surface area contributed by atoms with Gasteiger partial charge in [0.25, 0.3) is 0 Å². The van der Waals surface area contributed by atoms with Crippen molar-refractivity contribution in [2.24, 2.45) is 5.73 Å². The van der Waals surface area contributed by atoms with Gasteiger partial charge >= 0.3 is 0 Å². The normalized spacial score (nSPS) is 19.2. The number of piperazine rings is 1. The molecule has 0 bridgehead atoms. The van der Waals surface area contributed by atoms with Crippen molar-refractivity contribution in [1.82, 2.24) is 15.3 Å². The van der Waals surface area contributed by atoms with Crippen LogP contribution in [0.4, 0.5) is 0 Å². The average Bonchev–Trinajstić information content (AvgIpc) is 2.38. The third-order valence-electron chi connectivity index (χ3n) is 4.16. The lowest BCUT2D eigenvalue weighted by Gasteiger charge is -2.36. The first-order valence-electron chi connectivity index (χ1n) is 7.48.